The molecule has 1 heterocycles. The number of nitrogens with one attached hydrogen (secondary N) is 1. The molecule has 7 heteroatoms. The lowest BCUT2D eigenvalue weighted by atomic mass is 9.79. The first kappa shape index (κ1) is 20.4. The van der Waals surface area contributed by atoms with Gasteiger partial charge in [0.2, 0.25) is 10.0 Å². The van der Waals surface area contributed by atoms with Crippen molar-refractivity contribution in [2.75, 3.05) is 6.61 Å². The van der Waals surface area contributed by atoms with Crippen molar-refractivity contribution in [2.45, 2.75) is 55.4 Å². The fraction of sp³-hybridized carbons (Fsp3) is 0.524. The Hall–Kier alpha value is -0.920. The van der Waals surface area contributed by atoms with Crippen molar-refractivity contribution < 1.29 is 13.2 Å². The van der Waals surface area contributed by atoms with Crippen LogP contribution in [0, 0.1) is 11.3 Å². The van der Waals surface area contributed by atoms with E-state index < -0.39 is 10.0 Å². The maximum atomic E-state index is 13.0. The maximum absolute atomic E-state index is 13.0. The first-order valence-corrected chi connectivity index (χ1v) is 12.6. The summed E-state index contributed by atoms with van der Waals surface area (Å²) in [6.07, 6.45) is 6.47. The zero-order valence-electron chi connectivity index (χ0n) is 15.8. The monoisotopic (exact) mass is 439 g/mol. The second-order valence-corrected chi connectivity index (χ2v) is 11.7. The Labute approximate surface area is 176 Å². The average molecular weight is 440 g/mol. The summed E-state index contributed by atoms with van der Waals surface area (Å²) in [6, 6.07) is 13.3. The van der Waals surface area contributed by atoms with E-state index in [-0.39, 0.29) is 11.5 Å². The highest BCUT2D eigenvalue weighted by Gasteiger charge is 2.50. The summed E-state index contributed by atoms with van der Waals surface area (Å²) in [5, 5.41) is 0. The van der Waals surface area contributed by atoms with Crippen LogP contribution in [0.15, 0.2) is 46.7 Å². The van der Waals surface area contributed by atoms with Crippen molar-refractivity contribution in [1.82, 2.24) is 4.72 Å². The predicted molar refractivity (Wildman–Crippen MR) is 113 cm³/mol. The lowest BCUT2D eigenvalue weighted by molar-refractivity contribution is 0.0186. The number of sulfonamides is 1. The minimum Gasteiger partial charge on any atom is -0.376 e. The summed E-state index contributed by atoms with van der Waals surface area (Å²) in [4.78, 5) is 0. The summed E-state index contributed by atoms with van der Waals surface area (Å²) in [6.45, 7) is 1.16. The topological polar surface area (TPSA) is 55.4 Å². The third-order valence-corrected chi connectivity index (χ3v) is 9.40. The maximum Gasteiger partial charge on any atom is 0.250 e. The standard InChI is InChI=1S/C21H26ClNO3S2/c22-18-9-10-19(27-18)28(24,25)23-20-17-8-4-5-12-21(20,13-11-17)15-26-14-16-6-2-1-3-7-16/h1-3,6-7,9-10,17,20,23H,4-5,8,11-15H2/t17-,20+,21+/m0/s1. The van der Waals surface area contributed by atoms with Gasteiger partial charge in [-0.25, -0.2) is 13.1 Å². The molecule has 1 N–H and O–H groups in total. The minimum atomic E-state index is -3.57. The molecular weight excluding hydrogens is 414 g/mol. The predicted octanol–water partition coefficient (Wildman–Crippen LogP) is 5.24. The number of fused-ring (bicyclic) bond motifs is 2. The van der Waals surface area contributed by atoms with Gasteiger partial charge in [-0.2, -0.15) is 0 Å². The molecular formula is C21H26ClNO3S2. The minimum absolute atomic E-state index is 0.0725. The van der Waals surface area contributed by atoms with Gasteiger partial charge in [-0.05, 0) is 49.3 Å². The number of rotatable bonds is 7. The molecule has 0 amide bonds. The van der Waals surface area contributed by atoms with E-state index in [1.165, 1.54) is 0 Å². The Morgan fingerprint density at radius 3 is 2.68 bits per heavy atom. The van der Waals surface area contributed by atoms with Gasteiger partial charge in [0, 0.05) is 11.5 Å². The molecule has 2 saturated carbocycles. The van der Waals surface area contributed by atoms with Crippen molar-refractivity contribution in [3.63, 3.8) is 0 Å². The molecule has 0 spiro atoms. The van der Waals surface area contributed by atoms with Gasteiger partial charge in [0.1, 0.15) is 4.21 Å². The highest BCUT2D eigenvalue weighted by molar-refractivity contribution is 7.91. The Bertz CT molecular complexity index is 899. The number of ether oxygens (including phenoxy) is 1. The van der Waals surface area contributed by atoms with Gasteiger partial charge in [0.25, 0.3) is 0 Å². The molecule has 0 aliphatic heterocycles. The Balaban J connectivity index is 1.51. The molecule has 1 aromatic carbocycles. The summed E-state index contributed by atoms with van der Waals surface area (Å²) in [5.74, 6) is 0.382. The number of hydrogen-bond donors (Lipinski definition) is 1. The second-order valence-electron chi connectivity index (χ2n) is 8.04. The molecule has 0 unspecified atom stereocenters. The fourth-order valence-corrected chi connectivity index (χ4v) is 7.75. The molecule has 0 saturated heterocycles. The van der Waals surface area contributed by atoms with Crippen LogP contribution in [0.4, 0.5) is 0 Å². The zero-order valence-corrected chi connectivity index (χ0v) is 18.2. The molecule has 4 rings (SSSR count). The summed E-state index contributed by atoms with van der Waals surface area (Å²) in [5.41, 5.74) is 1.02. The van der Waals surface area contributed by atoms with E-state index in [0.717, 1.165) is 55.4 Å². The van der Waals surface area contributed by atoms with Gasteiger partial charge in [-0.3, -0.25) is 0 Å². The molecule has 1 aromatic heterocycles. The summed E-state index contributed by atoms with van der Waals surface area (Å²) >= 11 is 7.07. The van der Waals surface area contributed by atoms with Crippen molar-refractivity contribution in [3.8, 4) is 0 Å². The van der Waals surface area contributed by atoms with Gasteiger partial charge < -0.3 is 4.74 Å². The van der Waals surface area contributed by atoms with Gasteiger partial charge in [-0.1, -0.05) is 54.8 Å². The molecule has 2 bridgehead atoms. The fourth-order valence-electron chi connectivity index (χ4n) is 4.84. The van der Waals surface area contributed by atoms with Crippen LogP contribution in [-0.2, 0) is 21.4 Å². The number of hydrogen-bond acceptors (Lipinski definition) is 4. The highest BCUT2D eigenvalue weighted by atomic mass is 35.5. The van der Waals surface area contributed by atoms with Crippen molar-refractivity contribution in [3.05, 3.63) is 52.4 Å². The van der Waals surface area contributed by atoms with E-state index in [9.17, 15) is 8.42 Å². The molecule has 3 atom stereocenters. The van der Waals surface area contributed by atoms with E-state index in [1.54, 1.807) is 12.1 Å². The Morgan fingerprint density at radius 2 is 1.93 bits per heavy atom. The largest absolute Gasteiger partial charge is 0.376 e. The van der Waals surface area contributed by atoms with E-state index in [2.05, 4.69) is 16.9 Å². The molecule has 0 radical (unpaired) electrons. The van der Waals surface area contributed by atoms with Crippen LogP contribution >= 0.6 is 22.9 Å². The number of benzene rings is 1. The van der Waals surface area contributed by atoms with E-state index >= 15 is 0 Å². The molecule has 2 aromatic rings. The summed E-state index contributed by atoms with van der Waals surface area (Å²) in [7, 11) is -3.57. The van der Waals surface area contributed by atoms with Crippen molar-refractivity contribution in [1.29, 1.82) is 0 Å². The van der Waals surface area contributed by atoms with Gasteiger partial charge in [-0.15, -0.1) is 11.3 Å². The number of halogens is 1. The quantitative estimate of drug-likeness (QED) is 0.642. The lowest BCUT2D eigenvalue weighted by Crippen LogP contribution is -2.49. The van der Waals surface area contributed by atoms with Crippen LogP contribution in [0.5, 0.6) is 0 Å². The summed E-state index contributed by atoms with van der Waals surface area (Å²) < 4.78 is 35.9. The van der Waals surface area contributed by atoms with Crippen LogP contribution < -0.4 is 4.72 Å². The number of thiophene rings is 1. The Morgan fingerprint density at radius 1 is 1.11 bits per heavy atom. The van der Waals surface area contributed by atoms with E-state index in [4.69, 9.17) is 16.3 Å². The molecule has 4 nitrogen and oxygen atoms in total. The molecule has 28 heavy (non-hydrogen) atoms. The van der Waals surface area contributed by atoms with Crippen LogP contribution in [0.25, 0.3) is 0 Å². The van der Waals surface area contributed by atoms with E-state index in [0.29, 0.717) is 27.7 Å². The lowest BCUT2D eigenvalue weighted by Gasteiger charge is -2.36. The zero-order chi connectivity index (χ0) is 19.6. The first-order chi connectivity index (χ1) is 13.5. The first-order valence-electron chi connectivity index (χ1n) is 9.88. The van der Waals surface area contributed by atoms with Gasteiger partial charge in [0.05, 0.1) is 17.6 Å². The smallest absolute Gasteiger partial charge is 0.250 e. The highest BCUT2D eigenvalue weighted by Crippen LogP contribution is 2.50. The molecule has 2 aliphatic carbocycles. The average Bonchev–Trinajstić information content (AvgIpc) is 3.19. The normalized spacial score (nSPS) is 27.6. The third kappa shape index (κ3) is 4.31. The van der Waals surface area contributed by atoms with Gasteiger partial charge in [0.15, 0.2) is 0 Å². The van der Waals surface area contributed by atoms with Crippen LogP contribution in [0.3, 0.4) is 0 Å². The third-order valence-electron chi connectivity index (χ3n) is 6.24. The van der Waals surface area contributed by atoms with Crippen LogP contribution in [0.1, 0.15) is 44.1 Å². The second kappa shape index (κ2) is 8.44. The Kier molecular flexibility index (Phi) is 6.14. The SMILES string of the molecule is O=S(=O)(N[C@@H]1[C@H]2CCCC[C@]1(COCc1ccccc1)CC2)c1ccc(Cl)s1. The van der Waals surface area contributed by atoms with Crippen molar-refractivity contribution >= 4 is 33.0 Å². The van der Waals surface area contributed by atoms with Crippen LogP contribution in [0.2, 0.25) is 4.34 Å². The van der Waals surface area contributed by atoms with E-state index in [1.807, 2.05) is 18.2 Å². The molecule has 2 aliphatic rings. The molecule has 152 valence electrons. The van der Waals surface area contributed by atoms with Crippen LogP contribution in [-0.4, -0.2) is 21.1 Å². The molecule has 2 fully saturated rings. The van der Waals surface area contributed by atoms with Gasteiger partial charge >= 0.3 is 0 Å². The van der Waals surface area contributed by atoms with Crippen molar-refractivity contribution in [2.24, 2.45) is 11.3 Å².